The Balaban J connectivity index is 1.22. The summed E-state index contributed by atoms with van der Waals surface area (Å²) in [5.41, 5.74) is 10.1. The van der Waals surface area contributed by atoms with E-state index in [1.807, 2.05) is 0 Å². The van der Waals surface area contributed by atoms with Gasteiger partial charge in [0.2, 0.25) is 11.8 Å². The lowest BCUT2D eigenvalue weighted by Gasteiger charge is -2.15. The molecule has 4 N–H and O–H groups in total. The summed E-state index contributed by atoms with van der Waals surface area (Å²) in [6.45, 7) is 0.264. The van der Waals surface area contributed by atoms with Crippen molar-refractivity contribution in [2.45, 2.75) is 25.7 Å². The van der Waals surface area contributed by atoms with E-state index in [0.717, 1.165) is 23.5 Å². The van der Waals surface area contributed by atoms with Crippen LogP contribution in [0.25, 0.3) is 0 Å². The zero-order valence-corrected chi connectivity index (χ0v) is 30.0. The predicted molar refractivity (Wildman–Crippen MR) is 189 cm³/mol. The number of hydrogen-bond donors (Lipinski definition) is 4. The van der Waals surface area contributed by atoms with Crippen molar-refractivity contribution in [2.75, 3.05) is 13.1 Å². The molecule has 18 heteroatoms. The Labute approximate surface area is 299 Å². The lowest BCUT2D eigenvalue weighted by atomic mass is 10.2. The van der Waals surface area contributed by atoms with Gasteiger partial charge in [-0.1, -0.05) is 72.2 Å². The normalized spacial score (nSPS) is 16.1. The van der Waals surface area contributed by atoms with Gasteiger partial charge in [-0.2, -0.15) is 0 Å². The third kappa shape index (κ3) is 9.01. The number of carbonyl (C=O) groups is 6. The van der Waals surface area contributed by atoms with Gasteiger partial charge in [-0.3, -0.25) is 60.3 Å². The highest BCUT2D eigenvalue weighted by atomic mass is 79.9. The van der Waals surface area contributed by atoms with Crippen molar-refractivity contribution in [3.63, 3.8) is 0 Å². The van der Waals surface area contributed by atoms with Crippen LogP contribution in [0, 0.1) is 0 Å². The number of thioether (sulfide) groups is 2. The van der Waals surface area contributed by atoms with Crippen LogP contribution in [0.3, 0.4) is 0 Å². The number of nitrogens with zero attached hydrogens (tertiary/aromatic N) is 2. The molecule has 2 aliphatic heterocycles. The zero-order chi connectivity index (χ0) is 33.4. The molecule has 240 valence electrons. The fourth-order valence-electron chi connectivity index (χ4n) is 4.05. The molecule has 6 amide bonds. The summed E-state index contributed by atoms with van der Waals surface area (Å²) >= 11 is 19.3. The van der Waals surface area contributed by atoms with Crippen molar-refractivity contribution in [3.8, 4) is 0 Å². The molecule has 2 aromatic rings. The average Bonchev–Trinajstić information content (AvgIpc) is 3.47. The highest BCUT2D eigenvalue weighted by Crippen LogP contribution is 2.42. The summed E-state index contributed by atoms with van der Waals surface area (Å²) in [5, 5.41) is 0. The number of thiocarbonyl (C=S) groups is 2. The topological polar surface area (TPSA) is 157 Å². The summed E-state index contributed by atoms with van der Waals surface area (Å²) < 4.78 is 1.65. The monoisotopic (exact) mass is 826 g/mol. The standard InChI is InChI=1S/C28H24Br2N6O6S4/c29-17-9-3-1-7-15(17)23(39)33-31-19(37)11-5-13-35-25(41)21(45-27(35)43)22-26(42)36(28(44)46-22)14-6-12-20(38)32-34-24(40)16-8-2-4-10-18(16)30/h1-4,7-10H,5-6,11-14H2,(H,31,37)(H,32,38)(H,33,39)(H,34,40). The second kappa shape index (κ2) is 16.6. The van der Waals surface area contributed by atoms with Gasteiger partial charge in [-0.05, 0) is 69.0 Å². The van der Waals surface area contributed by atoms with E-state index in [1.54, 1.807) is 48.5 Å². The fraction of sp³-hybridized carbons (Fsp3) is 0.214. The Morgan fingerprint density at radius 1 is 0.630 bits per heavy atom. The first-order valence-electron chi connectivity index (χ1n) is 13.5. The lowest BCUT2D eigenvalue weighted by Crippen LogP contribution is -2.42. The minimum atomic E-state index is -0.487. The summed E-state index contributed by atoms with van der Waals surface area (Å²) in [4.78, 5) is 78.3. The van der Waals surface area contributed by atoms with Crippen LogP contribution in [0.2, 0.25) is 0 Å². The molecule has 0 atom stereocenters. The molecule has 2 aromatic carbocycles. The van der Waals surface area contributed by atoms with E-state index in [0.29, 0.717) is 20.1 Å². The van der Waals surface area contributed by atoms with Crippen molar-refractivity contribution in [1.82, 2.24) is 31.5 Å². The number of hydrazine groups is 2. The van der Waals surface area contributed by atoms with E-state index in [1.165, 1.54) is 9.80 Å². The number of rotatable bonds is 10. The van der Waals surface area contributed by atoms with Gasteiger partial charge in [0.15, 0.2) is 0 Å². The number of benzene rings is 2. The number of hydrogen-bond acceptors (Lipinski definition) is 10. The number of halogens is 2. The first kappa shape index (κ1) is 35.7. The number of amides is 6. The first-order valence-corrected chi connectivity index (χ1v) is 17.5. The van der Waals surface area contributed by atoms with Gasteiger partial charge < -0.3 is 0 Å². The summed E-state index contributed by atoms with van der Waals surface area (Å²) in [7, 11) is 0. The first-order chi connectivity index (χ1) is 22.0. The van der Waals surface area contributed by atoms with Crippen molar-refractivity contribution in [2.24, 2.45) is 0 Å². The van der Waals surface area contributed by atoms with Gasteiger partial charge in [0.05, 0.1) is 20.9 Å². The molecule has 0 radical (unpaired) electrons. The van der Waals surface area contributed by atoms with Crippen LogP contribution in [0.5, 0.6) is 0 Å². The molecule has 4 rings (SSSR count). The maximum atomic E-state index is 13.2. The third-order valence-electron chi connectivity index (χ3n) is 6.34. The van der Waals surface area contributed by atoms with Gasteiger partial charge in [0.1, 0.15) is 8.64 Å². The van der Waals surface area contributed by atoms with Crippen molar-refractivity contribution >= 4 is 124 Å². The van der Waals surface area contributed by atoms with E-state index in [-0.39, 0.29) is 57.2 Å². The Morgan fingerprint density at radius 3 is 1.37 bits per heavy atom. The van der Waals surface area contributed by atoms with Crippen LogP contribution in [0.15, 0.2) is 67.3 Å². The summed E-state index contributed by atoms with van der Waals surface area (Å²) in [6.07, 6.45) is 0.517. The van der Waals surface area contributed by atoms with Gasteiger partial charge in [-0.15, -0.1) is 0 Å². The fourth-order valence-corrected chi connectivity index (χ4v) is 7.76. The van der Waals surface area contributed by atoms with Crippen molar-refractivity contribution < 1.29 is 28.8 Å². The molecular formula is C28H24Br2N6O6S4. The highest BCUT2D eigenvalue weighted by Gasteiger charge is 2.41. The molecule has 2 fully saturated rings. The number of nitrogens with one attached hydrogen (secondary N) is 4. The minimum Gasteiger partial charge on any atom is -0.293 e. The maximum Gasteiger partial charge on any atom is 0.270 e. The Kier molecular flexibility index (Phi) is 12.9. The van der Waals surface area contributed by atoms with Crippen LogP contribution >= 0.6 is 79.8 Å². The molecule has 0 saturated carbocycles. The van der Waals surface area contributed by atoms with Gasteiger partial charge >= 0.3 is 0 Å². The maximum absolute atomic E-state index is 13.2. The van der Waals surface area contributed by atoms with Gasteiger partial charge in [0.25, 0.3) is 23.6 Å². The predicted octanol–water partition coefficient (Wildman–Crippen LogP) is 3.93. The molecule has 2 saturated heterocycles. The Hall–Kier alpha value is -3.16. The molecule has 0 aliphatic carbocycles. The largest absolute Gasteiger partial charge is 0.293 e. The van der Waals surface area contributed by atoms with Crippen LogP contribution in [-0.4, -0.2) is 67.0 Å². The lowest BCUT2D eigenvalue weighted by molar-refractivity contribution is -0.125. The zero-order valence-electron chi connectivity index (χ0n) is 23.6. The Morgan fingerprint density at radius 2 is 1.00 bits per heavy atom. The SMILES string of the molecule is O=C(CCCN1C(=O)C(=C2SC(=S)N(CCCC(=O)NNC(=O)c3ccccc3Br)C2=O)SC1=S)NNC(=O)c1ccccc1Br. The molecular weight excluding hydrogens is 804 g/mol. The van der Waals surface area contributed by atoms with Crippen LogP contribution in [0.4, 0.5) is 0 Å². The van der Waals surface area contributed by atoms with E-state index in [2.05, 4.69) is 53.6 Å². The Bertz CT molecular complexity index is 1550. The molecule has 2 aliphatic rings. The molecule has 0 unspecified atom stereocenters. The van der Waals surface area contributed by atoms with E-state index < -0.39 is 35.4 Å². The van der Waals surface area contributed by atoms with Gasteiger partial charge in [-0.25, -0.2) is 0 Å². The van der Waals surface area contributed by atoms with Crippen molar-refractivity contribution in [3.05, 3.63) is 78.4 Å². The smallest absolute Gasteiger partial charge is 0.270 e. The molecule has 2 heterocycles. The minimum absolute atomic E-state index is 0.00576. The highest BCUT2D eigenvalue weighted by molar-refractivity contribution is 9.10. The van der Waals surface area contributed by atoms with Crippen LogP contribution in [0.1, 0.15) is 46.4 Å². The second-order valence-electron chi connectivity index (χ2n) is 9.48. The molecule has 46 heavy (non-hydrogen) atoms. The van der Waals surface area contributed by atoms with E-state index in [4.69, 9.17) is 24.4 Å². The van der Waals surface area contributed by atoms with Crippen LogP contribution in [-0.2, 0) is 19.2 Å². The molecule has 0 aromatic heterocycles. The number of carbonyl (C=O) groups excluding carboxylic acids is 6. The van der Waals surface area contributed by atoms with Gasteiger partial charge in [0, 0.05) is 34.9 Å². The average molecular weight is 829 g/mol. The summed E-state index contributed by atoms with van der Waals surface area (Å²) in [6, 6.07) is 13.5. The summed E-state index contributed by atoms with van der Waals surface area (Å²) in [5.74, 6) is -2.80. The van der Waals surface area contributed by atoms with Crippen LogP contribution < -0.4 is 21.7 Å². The quantitative estimate of drug-likeness (QED) is 0.157. The molecule has 12 nitrogen and oxygen atoms in total. The van der Waals surface area contributed by atoms with E-state index >= 15 is 0 Å². The van der Waals surface area contributed by atoms with E-state index in [9.17, 15) is 28.8 Å². The second-order valence-corrected chi connectivity index (χ2v) is 14.5. The molecule has 0 bridgehead atoms. The molecule has 0 spiro atoms. The third-order valence-corrected chi connectivity index (χ3v) is 10.8. The van der Waals surface area contributed by atoms with Crippen molar-refractivity contribution in [1.29, 1.82) is 0 Å².